The van der Waals surface area contributed by atoms with Gasteiger partial charge in [0.25, 0.3) is 11.1 Å². The van der Waals surface area contributed by atoms with E-state index in [1.54, 1.807) is 6.08 Å². The Hall–Kier alpha value is -2.41. The molecule has 6 nitrogen and oxygen atoms in total. The number of benzene rings is 1. The van der Waals surface area contributed by atoms with E-state index >= 15 is 0 Å². The van der Waals surface area contributed by atoms with E-state index in [0.717, 1.165) is 28.2 Å². The SMILES string of the molecule is COc1ncnc2ccc(/C=C3/SC(=O)NC3=O)cc12. The Balaban J connectivity index is 2.07. The molecule has 0 bridgehead atoms. The molecule has 0 atom stereocenters. The molecular formula is C13H9N3O3S. The van der Waals surface area contributed by atoms with Crippen LogP contribution in [0.15, 0.2) is 29.4 Å². The summed E-state index contributed by atoms with van der Waals surface area (Å²) < 4.78 is 5.18. The Morgan fingerprint density at radius 1 is 1.30 bits per heavy atom. The molecule has 1 aromatic carbocycles. The molecule has 0 aliphatic carbocycles. The van der Waals surface area contributed by atoms with Crippen LogP contribution in [0.25, 0.3) is 17.0 Å². The second-order valence-electron chi connectivity index (χ2n) is 4.01. The minimum absolute atomic E-state index is 0.358. The summed E-state index contributed by atoms with van der Waals surface area (Å²) >= 11 is 0.883. The van der Waals surface area contributed by atoms with E-state index in [1.807, 2.05) is 18.2 Å². The van der Waals surface area contributed by atoms with Crippen LogP contribution in [-0.2, 0) is 4.79 Å². The van der Waals surface area contributed by atoms with Crippen molar-refractivity contribution in [3.63, 3.8) is 0 Å². The third-order valence-corrected chi connectivity index (χ3v) is 3.57. The van der Waals surface area contributed by atoms with Gasteiger partial charge < -0.3 is 4.74 Å². The summed E-state index contributed by atoms with van der Waals surface area (Å²) in [6, 6.07) is 5.45. The first kappa shape index (κ1) is 12.6. The van der Waals surface area contributed by atoms with E-state index in [4.69, 9.17) is 4.74 Å². The van der Waals surface area contributed by atoms with Crippen LogP contribution in [0.2, 0.25) is 0 Å². The summed E-state index contributed by atoms with van der Waals surface area (Å²) in [4.78, 5) is 31.2. The van der Waals surface area contributed by atoms with Gasteiger partial charge in [-0.2, -0.15) is 0 Å². The van der Waals surface area contributed by atoms with Crippen molar-refractivity contribution in [2.45, 2.75) is 0 Å². The number of methoxy groups -OCH3 is 1. The lowest BCUT2D eigenvalue weighted by atomic mass is 10.1. The quantitative estimate of drug-likeness (QED) is 0.850. The van der Waals surface area contributed by atoms with Crippen LogP contribution in [0, 0.1) is 0 Å². The molecule has 1 aliphatic heterocycles. The lowest BCUT2D eigenvalue weighted by Crippen LogP contribution is -2.17. The van der Waals surface area contributed by atoms with Gasteiger partial charge in [-0.1, -0.05) is 6.07 Å². The number of carbonyl (C=O) groups excluding carboxylic acids is 2. The molecule has 1 saturated heterocycles. The summed E-state index contributed by atoms with van der Waals surface area (Å²) in [6.45, 7) is 0. The molecule has 0 unspecified atom stereocenters. The molecule has 0 saturated carbocycles. The largest absolute Gasteiger partial charge is 0.480 e. The Morgan fingerprint density at radius 3 is 2.85 bits per heavy atom. The maximum atomic E-state index is 11.5. The standard InChI is InChI=1S/C13H9N3O3S/c1-19-12-8-4-7(2-3-9(8)14-6-15-12)5-10-11(17)16-13(18)20-10/h2-6H,1H3,(H,16,17,18)/b10-5+. The maximum absolute atomic E-state index is 11.5. The molecule has 2 aromatic rings. The summed E-state index contributed by atoms with van der Waals surface area (Å²) in [7, 11) is 1.53. The predicted octanol–water partition coefficient (Wildman–Crippen LogP) is 1.96. The fourth-order valence-electron chi connectivity index (χ4n) is 1.88. The smallest absolute Gasteiger partial charge is 0.290 e. The van der Waals surface area contributed by atoms with Crippen LogP contribution >= 0.6 is 11.8 Å². The molecule has 2 heterocycles. The van der Waals surface area contributed by atoms with Crippen LogP contribution < -0.4 is 10.1 Å². The minimum Gasteiger partial charge on any atom is -0.480 e. The molecule has 20 heavy (non-hydrogen) atoms. The molecule has 0 spiro atoms. The number of fused-ring (bicyclic) bond motifs is 1. The Kier molecular flexibility index (Phi) is 3.11. The van der Waals surface area contributed by atoms with Gasteiger partial charge in [-0.05, 0) is 35.5 Å². The molecule has 1 aliphatic rings. The zero-order valence-electron chi connectivity index (χ0n) is 10.4. The number of amides is 2. The Morgan fingerprint density at radius 2 is 2.15 bits per heavy atom. The van der Waals surface area contributed by atoms with Gasteiger partial charge in [0, 0.05) is 0 Å². The van der Waals surface area contributed by atoms with Gasteiger partial charge in [-0.3, -0.25) is 14.9 Å². The van der Waals surface area contributed by atoms with Crippen molar-refractivity contribution >= 4 is 39.9 Å². The number of hydrogen-bond donors (Lipinski definition) is 1. The first-order valence-electron chi connectivity index (χ1n) is 5.71. The van der Waals surface area contributed by atoms with Gasteiger partial charge >= 0.3 is 0 Å². The van der Waals surface area contributed by atoms with Crippen molar-refractivity contribution in [3.8, 4) is 5.88 Å². The Labute approximate surface area is 118 Å². The number of rotatable bonds is 2. The lowest BCUT2D eigenvalue weighted by Gasteiger charge is -2.04. The zero-order valence-corrected chi connectivity index (χ0v) is 11.2. The lowest BCUT2D eigenvalue weighted by molar-refractivity contribution is -0.115. The molecule has 3 rings (SSSR count). The number of nitrogens with zero attached hydrogens (tertiary/aromatic N) is 2. The van der Waals surface area contributed by atoms with Crippen molar-refractivity contribution in [3.05, 3.63) is 35.0 Å². The number of aromatic nitrogens is 2. The van der Waals surface area contributed by atoms with Crippen LogP contribution in [0.5, 0.6) is 5.88 Å². The van der Waals surface area contributed by atoms with Crippen molar-refractivity contribution in [2.24, 2.45) is 0 Å². The molecule has 0 radical (unpaired) electrons. The molecule has 1 aromatic heterocycles. The molecule has 1 N–H and O–H groups in total. The number of carbonyl (C=O) groups is 2. The van der Waals surface area contributed by atoms with Gasteiger partial charge in [0.2, 0.25) is 5.88 Å². The van der Waals surface area contributed by atoms with E-state index < -0.39 is 0 Å². The highest BCUT2D eigenvalue weighted by molar-refractivity contribution is 8.18. The molecule has 2 amide bonds. The minimum atomic E-state index is -0.378. The van der Waals surface area contributed by atoms with Crippen molar-refractivity contribution in [1.29, 1.82) is 0 Å². The highest BCUT2D eigenvalue weighted by atomic mass is 32.2. The van der Waals surface area contributed by atoms with E-state index in [1.165, 1.54) is 13.4 Å². The van der Waals surface area contributed by atoms with Crippen LogP contribution in [0.4, 0.5) is 4.79 Å². The second kappa shape index (κ2) is 4.93. The van der Waals surface area contributed by atoms with E-state index in [0.29, 0.717) is 10.8 Å². The van der Waals surface area contributed by atoms with Crippen LogP contribution in [0.3, 0.4) is 0 Å². The normalized spacial score (nSPS) is 16.8. The average Bonchev–Trinajstić information content (AvgIpc) is 2.76. The summed E-state index contributed by atoms with van der Waals surface area (Å²) in [6.07, 6.45) is 3.08. The van der Waals surface area contributed by atoms with E-state index in [9.17, 15) is 9.59 Å². The monoisotopic (exact) mass is 287 g/mol. The fraction of sp³-hybridized carbons (Fsp3) is 0.0769. The van der Waals surface area contributed by atoms with Crippen molar-refractivity contribution in [1.82, 2.24) is 15.3 Å². The number of imide groups is 1. The fourth-order valence-corrected chi connectivity index (χ4v) is 2.56. The van der Waals surface area contributed by atoms with Crippen LogP contribution in [0.1, 0.15) is 5.56 Å². The van der Waals surface area contributed by atoms with Gasteiger partial charge in [0.15, 0.2) is 0 Å². The third kappa shape index (κ3) is 2.23. The van der Waals surface area contributed by atoms with Gasteiger partial charge in [-0.15, -0.1) is 0 Å². The number of nitrogens with one attached hydrogen (secondary N) is 1. The highest BCUT2D eigenvalue weighted by Crippen LogP contribution is 2.28. The Bertz CT molecular complexity index is 758. The number of ether oxygens (including phenoxy) is 1. The molecular weight excluding hydrogens is 278 g/mol. The predicted molar refractivity (Wildman–Crippen MR) is 75.2 cm³/mol. The second-order valence-corrected chi connectivity index (χ2v) is 5.03. The zero-order chi connectivity index (χ0) is 14.1. The van der Waals surface area contributed by atoms with Gasteiger partial charge in [-0.25, -0.2) is 9.97 Å². The summed E-state index contributed by atoms with van der Waals surface area (Å²) in [5.74, 6) is 0.0891. The van der Waals surface area contributed by atoms with Gasteiger partial charge in [0.05, 0.1) is 22.9 Å². The van der Waals surface area contributed by atoms with E-state index in [-0.39, 0.29) is 11.1 Å². The van der Waals surface area contributed by atoms with Crippen molar-refractivity contribution < 1.29 is 14.3 Å². The van der Waals surface area contributed by atoms with Gasteiger partial charge in [0.1, 0.15) is 6.33 Å². The first-order chi connectivity index (χ1) is 9.67. The first-order valence-corrected chi connectivity index (χ1v) is 6.52. The maximum Gasteiger partial charge on any atom is 0.290 e. The topological polar surface area (TPSA) is 81.2 Å². The summed E-state index contributed by atoms with van der Waals surface area (Å²) in [5.41, 5.74) is 1.52. The molecule has 7 heteroatoms. The van der Waals surface area contributed by atoms with Crippen molar-refractivity contribution in [2.75, 3.05) is 7.11 Å². The number of hydrogen-bond acceptors (Lipinski definition) is 6. The van der Waals surface area contributed by atoms with E-state index in [2.05, 4.69) is 15.3 Å². The third-order valence-electron chi connectivity index (χ3n) is 2.76. The molecule has 100 valence electrons. The number of thioether (sulfide) groups is 1. The summed E-state index contributed by atoms with van der Waals surface area (Å²) in [5, 5.41) is 2.61. The highest BCUT2D eigenvalue weighted by Gasteiger charge is 2.24. The van der Waals surface area contributed by atoms with Crippen LogP contribution in [-0.4, -0.2) is 28.2 Å². The molecule has 1 fully saturated rings. The average molecular weight is 287 g/mol.